The molecule has 1 N–H and O–H groups in total. The number of hydrogen-bond donors (Lipinski definition) is 1. The maximum absolute atomic E-state index is 13.7. The summed E-state index contributed by atoms with van der Waals surface area (Å²) in [5.74, 6) is -0.377. The summed E-state index contributed by atoms with van der Waals surface area (Å²) in [5, 5.41) is 2.98. The van der Waals surface area contributed by atoms with E-state index in [2.05, 4.69) is 12.2 Å². The summed E-state index contributed by atoms with van der Waals surface area (Å²) >= 11 is 0. The van der Waals surface area contributed by atoms with E-state index in [1.54, 1.807) is 21.9 Å². The van der Waals surface area contributed by atoms with E-state index < -0.39 is 0 Å². The highest BCUT2D eigenvalue weighted by Gasteiger charge is 2.28. The maximum atomic E-state index is 13.7. The van der Waals surface area contributed by atoms with Gasteiger partial charge in [0.05, 0.1) is 11.3 Å². The van der Waals surface area contributed by atoms with Crippen molar-refractivity contribution < 1.29 is 14.0 Å². The van der Waals surface area contributed by atoms with Gasteiger partial charge in [0.2, 0.25) is 0 Å². The Labute approximate surface area is 228 Å². The average Bonchev–Trinajstić information content (AvgIpc) is 3.30. The van der Waals surface area contributed by atoms with E-state index in [-0.39, 0.29) is 17.8 Å². The zero-order valence-corrected chi connectivity index (χ0v) is 22.6. The quantitative estimate of drug-likeness (QED) is 0.326. The van der Waals surface area contributed by atoms with E-state index in [1.165, 1.54) is 12.1 Å². The van der Waals surface area contributed by atoms with Crippen LogP contribution in [0.2, 0.25) is 0 Å². The minimum absolute atomic E-state index is 0.0718. The van der Waals surface area contributed by atoms with Crippen molar-refractivity contribution in [2.45, 2.75) is 27.2 Å². The highest BCUT2D eigenvalue weighted by atomic mass is 19.1. The second kappa shape index (κ2) is 11.2. The Morgan fingerprint density at radius 2 is 1.51 bits per heavy atom. The molecule has 4 aromatic rings. The van der Waals surface area contributed by atoms with E-state index in [0.29, 0.717) is 31.7 Å². The summed E-state index contributed by atoms with van der Waals surface area (Å²) in [4.78, 5) is 30.1. The predicted molar refractivity (Wildman–Crippen MR) is 153 cm³/mol. The number of aromatic nitrogens is 1. The van der Waals surface area contributed by atoms with Gasteiger partial charge in [0.15, 0.2) is 0 Å². The summed E-state index contributed by atoms with van der Waals surface area (Å²) in [6.07, 6.45) is 0.901. The molecule has 2 heterocycles. The maximum Gasteiger partial charge on any atom is 0.321 e. The minimum atomic E-state index is -0.305. The first kappa shape index (κ1) is 26.2. The molecule has 1 saturated heterocycles. The molecule has 1 fully saturated rings. The van der Waals surface area contributed by atoms with Crippen molar-refractivity contribution >= 4 is 17.6 Å². The number of hydrogen-bond acceptors (Lipinski definition) is 2. The normalized spacial score (nSPS) is 13.4. The van der Waals surface area contributed by atoms with E-state index in [0.717, 1.165) is 45.9 Å². The molecule has 1 aromatic heterocycles. The van der Waals surface area contributed by atoms with Crippen LogP contribution in [0.15, 0.2) is 78.9 Å². The van der Waals surface area contributed by atoms with Crippen LogP contribution < -0.4 is 5.32 Å². The number of carbonyl (C=O) groups excluding carboxylic acids is 2. The summed E-state index contributed by atoms with van der Waals surface area (Å²) in [6, 6.07) is 24.0. The molecule has 0 atom stereocenters. The van der Waals surface area contributed by atoms with Gasteiger partial charge in [0.25, 0.3) is 5.91 Å². The smallest absolute Gasteiger partial charge is 0.321 e. The molecule has 200 valence electrons. The number of benzene rings is 3. The monoisotopic (exact) mass is 524 g/mol. The molecular formula is C32H33FN4O2. The Bertz CT molecular complexity index is 1480. The van der Waals surface area contributed by atoms with Crippen LogP contribution in [0, 0.1) is 19.7 Å². The first-order valence-corrected chi connectivity index (χ1v) is 13.3. The number of amides is 3. The van der Waals surface area contributed by atoms with Gasteiger partial charge < -0.3 is 19.7 Å². The molecule has 1 aliphatic rings. The van der Waals surface area contributed by atoms with Crippen LogP contribution in [0.4, 0.5) is 14.9 Å². The summed E-state index contributed by atoms with van der Waals surface area (Å²) < 4.78 is 15.7. The fraction of sp³-hybridized carbons (Fsp3) is 0.250. The molecule has 6 nitrogen and oxygen atoms in total. The Balaban J connectivity index is 1.35. The molecule has 7 heteroatoms. The molecule has 0 saturated carbocycles. The summed E-state index contributed by atoms with van der Waals surface area (Å²) in [7, 11) is 0. The second-order valence-electron chi connectivity index (χ2n) is 9.97. The van der Waals surface area contributed by atoms with E-state index in [4.69, 9.17) is 0 Å². The zero-order chi connectivity index (χ0) is 27.5. The van der Waals surface area contributed by atoms with Crippen LogP contribution in [0.5, 0.6) is 0 Å². The first-order chi connectivity index (χ1) is 18.8. The van der Waals surface area contributed by atoms with Crippen molar-refractivity contribution in [2.75, 3.05) is 31.5 Å². The Hall–Kier alpha value is -4.39. The van der Waals surface area contributed by atoms with Gasteiger partial charge in [0.1, 0.15) is 5.82 Å². The number of nitrogens with one attached hydrogen (secondary N) is 1. The Morgan fingerprint density at radius 1 is 0.846 bits per heavy atom. The SMILES string of the molecule is CCc1cccc(NC(=O)N2CCN(C(=O)c3cc(-c4ccc(F)cc4)n(-c4ccc(C)cc4)c3C)CC2)c1. The first-order valence-electron chi connectivity index (χ1n) is 13.3. The molecule has 5 rings (SSSR count). The summed E-state index contributed by atoms with van der Waals surface area (Å²) in [6.45, 7) is 7.85. The fourth-order valence-electron chi connectivity index (χ4n) is 5.04. The molecule has 0 spiro atoms. The van der Waals surface area contributed by atoms with Crippen LogP contribution in [0.3, 0.4) is 0 Å². The Kier molecular flexibility index (Phi) is 7.50. The lowest BCUT2D eigenvalue weighted by molar-refractivity contribution is 0.0671. The van der Waals surface area contributed by atoms with E-state index in [1.807, 2.05) is 73.0 Å². The molecule has 3 amide bonds. The lowest BCUT2D eigenvalue weighted by atomic mass is 10.1. The lowest BCUT2D eigenvalue weighted by Crippen LogP contribution is -2.51. The van der Waals surface area contributed by atoms with Crippen LogP contribution in [0.1, 0.15) is 34.1 Å². The molecular weight excluding hydrogens is 491 g/mol. The van der Waals surface area contributed by atoms with Crippen LogP contribution in [-0.4, -0.2) is 52.5 Å². The molecule has 39 heavy (non-hydrogen) atoms. The molecule has 0 aliphatic carbocycles. The number of piperazine rings is 1. The zero-order valence-electron chi connectivity index (χ0n) is 22.6. The number of nitrogens with zero attached hydrogens (tertiary/aromatic N) is 3. The van der Waals surface area contributed by atoms with Gasteiger partial charge >= 0.3 is 6.03 Å². The topological polar surface area (TPSA) is 57.6 Å². The third kappa shape index (κ3) is 5.58. The highest BCUT2D eigenvalue weighted by Crippen LogP contribution is 2.31. The average molecular weight is 525 g/mol. The van der Waals surface area contributed by atoms with Gasteiger partial charge in [-0.3, -0.25) is 4.79 Å². The number of halogens is 1. The lowest BCUT2D eigenvalue weighted by Gasteiger charge is -2.34. The number of aryl methyl sites for hydroxylation is 2. The van der Waals surface area contributed by atoms with Gasteiger partial charge in [-0.25, -0.2) is 9.18 Å². The van der Waals surface area contributed by atoms with E-state index in [9.17, 15) is 14.0 Å². The third-order valence-electron chi connectivity index (χ3n) is 7.35. The molecule has 0 radical (unpaired) electrons. The van der Waals surface area contributed by atoms with Crippen molar-refractivity contribution in [3.63, 3.8) is 0 Å². The van der Waals surface area contributed by atoms with Crippen molar-refractivity contribution in [2.24, 2.45) is 0 Å². The Morgan fingerprint density at radius 3 is 2.18 bits per heavy atom. The number of anilines is 1. The predicted octanol–water partition coefficient (Wildman–Crippen LogP) is 6.45. The molecule has 0 bridgehead atoms. The highest BCUT2D eigenvalue weighted by molar-refractivity contribution is 5.97. The molecule has 3 aromatic carbocycles. The number of rotatable bonds is 5. The second-order valence-corrected chi connectivity index (χ2v) is 9.97. The van der Waals surface area contributed by atoms with Gasteiger partial charge in [-0.2, -0.15) is 0 Å². The van der Waals surface area contributed by atoms with Gasteiger partial charge in [-0.05, 0) is 86.0 Å². The molecule has 0 unspecified atom stereocenters. The standard InChI is InChI=1S/C32H33FN4O2/c1-4-24-6-5-7-27(20-24)34-32(39)36-18-16-35(17-19-36)31(38)29-21-30(25-10-12-26(33)13-11-25)37(23(29)3)28-14-8-22(2)9-15-28/h5-15,20-21H,4,16-19H2,1-3H3,(H,34,39). The number of carbonyl (C=O) groups is 2. The van der Waals surface area contributed by atoms with Gasteiger partial charge in [-0.15, -0.1) is 0 Å². The van der Waals surface area contributed by atoms with Crippen LogP contribution >= 0.6 is 0 Å². The summed E-state index contributed by atoms with van der Waals surface area (Å²) in [5.41, 5.74) is 7.09. The van der Waals surface area contributed by atoms with Crippen molar-refractivity contribution in [1.82, 2.24) is 14.4 Å². The van der Waals surface area contributed by atoms with E-state index >= 15 is 0 Å². The minimum Gasteiger partial charge on any atom is -0.335 e. The van der Waals surface area contributed by atoms with Crippen molar-refractivity contribution in [3.05, 3.63) is 107 Å². The third-order valence-corrected chi connectivity index (χ3v) is 7.35. The van der Waals surface area contributed by atoms with Crippen molar-refractivity contribution in [3.8, 4) is 16.9 Å². The van der Waals surface area contributed by atoms with Gasteiger partial charge in [-0.1, -0.05) is 36.8 Å². The molecule has 1 aliphatic heterocycles. The van der Waals surface area contributed by atoms with Gasteiger partial charge in [0, 0.05) is 43.2 Å². The fourth-order valence-corrected chi connectivity index (χ4v) is 5.04. The number of urea groups is 1. The van der Waals surface area contributed by atoms with Crippen molar-refractivity contribution in [1.29, 1.82) is 0 Å². The van der Waals surface area contributed by atoms with Crippen LogP contribution in [-0.2, 0) is 6.42 Å². The van der Waals surface area contributed by atoms with Crippen LogP contribution in [0.25, 0.3) is 16.9 Å². The largest absolute Gasteiger partial charge is 0.335 e.